The Hall–Kier alpha value is -0.653. The molecule has 0 radical (unpaired) electrons. The van der Waals surface area contributed by atoms with Gasteiger partial charge in [0.25, 0.3) is 8.32 Å². The van der Waals surface area contributed by atoms with Crippen LogP contribution in [-0.2, 0) is 4.43 Å². The summed E-state index contributed by atoms with van der Waals surface area (Å²) >= 11 is 2.51. The quantitative estimate of drug-likeness (QED) is 0.215. The number of hydrogen-bond donors (Lipinski definition) is 0. The third-order valence-electron chi connectivity index (χ3n) is 5.42. The fourth-order valence-electron chi connectivity index (χ4n) is 4.17. The van der Waals surface area contributed by atoms with E-state index in [4.69, 9.17) is 4.43 Å². The Morgan fingerprint density at radius 3 is 1.64 bits per heavy atom. The van der Waals surface area contributed by atoms with E-state index in [0.29, 0.717) is 11.8 Å². The SMILES string of the molecule is CC(C)C[C@H](C[C@@H](C)CI)O[Si](c1ccccc1)(c1ccccc1)C(C)(C)C. The van der Waals surface area contributed by atoms with Crippen molar-refractivity contribution in [3.05, 3.63) is 60.7 Å². The van der Waals surface area contributed by atoms with Gasteiger partial charge >= 0.3 is 0 Å². The van der Waals surface area contributed by atoms with Crippen LogP contribution in [0.2, 0.25) is 5.04 Å². The summed E-state index contributed by atoms with van der Waals surface area (Å²) in [5, 5.41) is 2.80. The Balaban J connectivity index is 2.62. The van der Waals surface area contributed by atoms with Crippen molar-refractivity contribution < 1.29 is 4.43 Å². The molecule has 2 rings (SSSR count). The predicted octanol–water partition coefficient (Wildman–Crippen LogP) is 6.44. The molecule has 0 heterocycles. The van der Waals surface area contributed by atoms with Crippen molar-refractivity contribution in [3.8, 4) is 0 Å². The van der Waals surface area contributed by atoms with Crippen LogP contribution in [-0.4, -0.2) is 18.8 Å². The first kappa shape index (κ1) is 23.6. The van der Waals surface area contributed by atoms with Crippen LogP contribution in [0.3, 0.4) is 0 Å². The van der Waals surface area contributed by atoms with Crippen molar-refractivity contribution in [1.29, 1.82) is 0 Å². The second-order valence-corrected chi connectivity index (χ2v) is 14.7. The van der Waals surface area contributed by atoms with Crippen LogP contribution in [0.1, 0.15) is 54.4 Å². The highest BCUT2D eigenvalue weighted by molar-refractivity contribution is 14.1. The second kappa shape index (κ2) is 10.4. The van der Waals surface area contributed by atoms with Crippen molar-refractivity contribution >= 4 is 41.3 Å². The molecule has 0 saturated heterocycles. The van der Waals surface area contributed by atoms with E-state index < -0.39 is 8.32 Å². The maximum absolute atomic E-state index is 7.39. The van der Waals surface area contributed by atoms with E-state index in [0.717, 1.165) is 12.8 Å². The standard InChI is InChI=1S/C25H37IOSi/c1-20(2)17-22(18-21(3)19-26)27-28(25(4,5)6,23-13-9-7-10-14-23)24-15-11-8-12-16-24/h7-16,20-22H,17-19H2,1-6H3/t21-,22-/m1/s1. The van der Waals surface area contributed by atoms with E-state index in [1.54, 1.807) is 0 Å². The van der Waals surface area contributed by atoms with Gasteiger partial charge in [-0.25, -0.2) is 0 Å². The first-order chi connectivity index (χ1) is 13.2. The highest BCUT2D eigenvalue weighted by Crippen LogP contribution is 2.39. The minimum atomic E-state index is -2.46. The number of benzene rings is 2. The van der Waals surface area contributed by atoms with Crippen LogP contribution in [0, 0.1) is 11.8 Å². The summed E-state index contributed by atoms with van der Waals surface area (Å²) in [6, 6.07) is 22.1. The Bertz CT molecular complexity index is 654. The molecular weight excluding hydrogens is 471 g/mol. The summed E-state index contributed by atoms with van der Waals surface area (Å²) < 4.78 is 8.57. The highest BCUT2D eigenvalue weighted by Gasteiger charge is 2.51. The van der Waals surface area contributed by atoms with E-state index in [9.17, 15) is 0 Å². The number of halogens is 1. The monoisotopic (exact) mass is 508 g/mol. The lowest BCUT2D eigenvalue weighted by Gasteiger charge is -2.46. The van der Waals surface area contributed by atoms with Crippen LogP contribution >= 0.6 is 22.6 Å². The van der Waals surface area contributed by atoms with Gasteiger partial charge in [-0.05, 0) is 40.1 Å². The lowest BCUT2D eigenvalue weighted by atomic mass is 9.98. The fraction of sp³-hybridized carbons (Fsp3) is 0.520. The minimum absolute atomic E-state index is 0.0402. The lowest BCUT2D eigenvalue weighted by Crippen LogP contribution is -2.67. The minimum Gasteiger partial charge on any atom is -0.404 e. The molecule has 0 aromatic heterocycles. The molecule has 3 heteroatoms. The first-order valence-electron chi connectivity index (χ1n) is 10.6. The largest absolute Gasteiger partial charge is 0.404 e. The highest BCUT2D eigenvalue weighted by atomic mass is 127. The molecular formula is C25H37IOSi. The topological polar surface area (TPSA) is 9.23 Å². The summed E-state index contributed by atoms with van der Waals surface area (Å²) in [6.45, 7) is 14.1. The molecule has 0 aliphatic heterocycles. The van der Waals surface area contributed by atoms with Crippen LogP contribution in [0.25, 0.3) is 0 Å². The van der Waals surface area contributed by atoms with Gasteiger partial charge < -0.3 is 4.43 Å². The molecule has 0 spiro atoms. The maximum Gasteiger partial charge on any atom is 0.261 e. The third kappa shape index (κ3) is 5.70. The first-order valence-corrected chi connectivity index (χ1v) is 14.0. The van der Waals surface area contributed by atoms with Crippen LogP contribution < -0.4 is 10.4 Å². The molecule has 0 aliphatic carbocycles. The summed E-state index contributed by atoms with van der Waals surface area (Å²) in [6.07, 6.45) is 2.54. The molecule has 0 saturated carbocycles. The van der Waals surface area contributed by atoms with Crippen molar-refractivity contribution in [2.45, 2.75) is 65.5 Å². The molecule has 0 amide bonds. The molecule has 0 N–H and O–H groups in total. The third-order valence-corrected chi connectivity index (χ3v) is 12.0. The van der Waals surface area contributed by atoms with E-state index in [-0.39, 0.29) is 11.1 Å². The Kier molecular flexibility index (Phi) is 8.77. The molecule has 0 unspecified atom stereocenters. The van der Waals surface area contributed by atoms with Crippen LogP contribution in [0.5, 0.6) is 0 Å². The molecule has 2 aromatic rings. The van der Waals surface area contributed by atoms with Gasteiger partial charge in [0.1, 0.15) is 0 Å². The van der Waals surface area contributed by atoms with Gasteiger partial charge in [0.2, 0.25) is 0 Å². The van der Waals surface area contributed by atoms with Gasteiger partial charge in [-0.15, -0.1) is 0 Å². The lowest BCUT2D eigenvalue weighted by molar-refractivity contribution is 0.139. The number of rotatable bonds is 9. The average molecular weight is 509 g/mol. The molecule has 1 nitrogen and oxygen atoms in total. The molecule has 0 bridgehead atoms. The second-order valence-electron chi connectivity index (χ2n) is 9.53. The smallest absolute Gasteiger partial charge is 0.261 e. The number of alkyl halides is 1. The Morgan fingerprint density at radius 1 is 0.821 bits per heavy atom. The van der Waals surface area contributed by atoms with Gasteiger partial charge in [0.15, 0.2) is 0 Å². The molecule has 2 atom stereocenters. The van der Waals surface area contributed by atoms with Crippen molar-refractivity contribution in [2.75, 3.05) is 4.43 Å². The van der Waals surface area contributed by atoms with Crippen LogP contribution in [0.15, 0.2) is 60.7 Å². The normalized spacial score (nSPS) is 14.9. The van der Waals surface area contributed by atoms with Gasteiger partial charge in [-0.2, -0.15) is 0 Å². The predicted molar refractivity (Wildman–Crippen MR) is 135 cm³/mol. The summed E-state index contributed by atoms with van der Waals surface area (Å²) in [5.41, 5.74) is 0. The van der Waals surface area contributed by atoms with Crippen molar-refractivity contribution in [3.63, 3.8) is 0 Å². The zero-order chi connectivity index (χ0) is 20.8. The fourth-order valence-corrected chi connectivity index (χ4v) is 9.24. The summed E-state index contributed by atoms with van der Waals surface area (Å²) in [4.78, 5) is 0. The van der Waals surface area contributed by atoms with Gasteiger partial charge in [0, 0.05) is 10.5 Å². The Labute approximate surface area is 187 Å². The van der Waals surface area contributed by atoms with E-state index >= 15 is 0 Å². The Morgan fingerprint density at radius 2 is 1.29 bits per heavy atom. The van der Waals surface area contributed by atoms with Crippen LogP contribution in [0.4, 0.5) is 0 Å². The zero-order valence-corrected chi connectivity index (χ0v) is 21.6. The molecule has 0 fully saturated rings. The zero-order valence-electron chi connectivity index (χ0n) is 18.4. The molecule has 28 heavy (non-hydrogen) atoms. The van der Waals surface area contributed by atoms with Gasteiger partial charge in [-0.1, -0.05) is 125 Å². The summed E-state index contributed by atoms with van der Waals surface area (Å²) in [5.74, 6) is 1.30. The van der Waals surface area contributed by atoms with E-state index in [1.165, 1.54) is 14.8 Å². The molecule has 0 aliphatic rings. The van der Waals surface area contributed by atoms with E-state index in [2.05, 4.69) is 125 Å². The van der Waals surface area contributed by atoms with Crippen molar-refractivity contribution in [1.82, 2.24) is 0 Å². The van der Waals surface area contributed by atoms with Gasteiger partial charge in [0.05, 0.1) is 0 Å². The van der Waals surface area contributed by atoms with Gasteiger partial charge in [-0.3, -0.25) is 0 Å². The van der Waals surface area contributed by atoms with Crippen molar-refractivity contribution in [2.24, 2.45) is 11.8 Å². The molecule has 2 aromatic carbocycles. The molecule has 154 valence electrons. The van der Waals surface area contributed by atoms with E-state index in [1.807, 2.05) is 0 Å². The number of hydrogen-bond acceptors (Lipinski definition) is 1. The maximum atomic E-state index is 7.39. The average Bonchev–Trinajstić information content (AvgIpc) is 2.65. The summed E-state index contributed by atoms with van der Waals surface area (Å²) in [7, 11) is -2.46.